The van der Waals surface area contributed by atoms with E-state index >= 15 is 0 Å². The van der Waals surface area contributed by atoms with E-state index in [2.05, 4.69) is 14.9 Å². The molecule has 0 saturated carbocycles. The summed E-state index contributed by atoms with van der Waals surface area (Å²) in [5.74, 6) is 2.48. The Morgan fingerprint density at radius 1 is 1.18 bits per heavy atom. The normalized spacial score (nSPS) is 12.5. The molecule has 0 spiro atoms. The summed E-state index contributed by atoms with van der Waals surface area (Å²) < 4.78 is 16.0. The van der Waals surface area contributed by atoms with Crippen molar-refractivity contribution >= 4 is 5.82 Å². The summed E-state index contributed by atoms with van der Waals surface area (Å²) in [6, 6.07) is 7.97. The Morgan fingerprint density at radius 3 is 2.86 bits per heavy atom. The molecule has 0 aliphatic carbocycles. The molecule has 0 atom stereocenters. The molecule has 22 heavy (non-hydrogen) atoms. The van der Waals surface area contributed by atoms with Crippen LogP contribution in [-0.2, 0) is 11.3 Å². The molecule has 6 nitrogen and oxygen atoms in total. The number of anilines is 1. The number of aryl methyl sites for hydroxylation is 1. The zero-order valence-electron chi connectivity index (χ0n) is 12.8. The molecule has 0 amide bonds. The molecule has 0 unspecified atom stereocenters. The second kappa shape index (κ2) is 6.62. The molecule has 3 rings (SSSR count). The van der Waals surface area contributed by atoms with Crippen molar-refractivity contribution in [3.8, 4) is 11.5 Å². The van der Waals surface area contributed by atoms with Gasteiger partial charge in [-0.2, -0.15) is 0 Å². The maximum Gasteiger partial charge on any atom is 0.231 e. The Balaban J connectivity index is 1.80. The second-order valence-corrected chi connectivity index (χ2v) is 5.12. The number of benzene rings is 1. The van der Waals surface area contributed by atoms with Gasteiger partial charge in [-0.05, 0) is 24.6 Å². The third-order valence-corrected chi connectivity index (χ3v) is 3.49. The quantitative estimate of drug-likeness (QED) is 0.815. The molecule has 1 aromatic carbocycles. The van der Waals surface area contributed by atoms with Crippen LogP contribution in [0.15, 0.2) is 30.6 Å². The van der Waals surface area contributed by atoms with Crippen LogP contribution in [0, 0.1) is 6.92 Å². The van der Waals surface area contributed by atoms with Gasteiger partial charge in [-0.3, -0.25) is 0 Å². The van der Waals surface area contributed by atoms with Crippen molar-refractivity contribution in [3.63, 3.8) is 0 Å². The summed E-state index contributed by atoms with van der Waals surface area (Å²) in [6.45, 7) is 4.35. The molecule has 1 aliphatic heterocycles. The average molecular weight is 301 g/mol. The average Bonchev–Trinajstić information content (AvgIpc) is 2.99. The zero-order valence-corrected chi connectivity index (χ0v) is 12.8. The molecule has 0 radical (unpaired) electrons. The molecule has 0 fully saturated rings. The predicted octanol–water partition coefficient (Wildman–Crippen LogP) is 2.17. The first-order valence-electron chi connectivity index (χ1n) is 7.17. The van der Waals surface area contributed by atoms with Crippen molar-refractivity contribution < 1.29 is 14.2 Å². The highest BCUT2D eigenvalue weighted by Crippen LogP contribution is 2.33. The first-order valence-corrected chi connectivity index (χ1v) is 7.17. The third-order valence-electron chi connectivity index (χ3n) is 3.49. The van der Waals surface area contributed by atoms with Crippen LogP contribution >= 0.6 is 0 Å². The summed E-state index contributed by atoms with van der Waals surface area (Å²) in [4.78, 5) is 10.7. The van der Waals surface area contributed by atoms with E-state index in [0.29, 0.717) is 6.61 Å². The maximum absolute atomic E-state index is 5.44. The van der Waals surface area contributed by atoms with Crippen molar-refractivity contribution in [2.45, 2.75) is 13.5 Å². The Hall–Kier alpha value is -2.34. The lowest BCUT2D eigenvalue weighted by Gasteiger charge is -2.23. The van der Waals surface area contributed by atoms with Crippen molar-refractivity contribution in [2.24, 2.45) is 0 Å². The number of methoxy groups -OCH3 is 1. The van der Waals surface area contributed by atoms with Gasteiger partial charge in [-0.15, -0.1) is 0 Å². The van der Waals surface area contributed by atoms with Crippen LogP contribution in [0.5, 0.6) is 11.5 Å². The number of fused-ring (bicyclic) bond motifs is 1. The predicted molar refractivity (Wildman–Crippen MR) is 82.3 cm³/mol. The molecule has 0 N–H and O–H groups in total. The van der Waals surface area contributed by atoms with Gasteiger partial charge < -0.3 is 19.1 Å². The van der Waals surface area contributed by atoms with E-state index in [9.17, 15) is 0 Å². The van der Waals surface area contributed by atoms with Gasteiger partial charge in [-0.25, -0.2) is 9.97 Å². The lowest BCUT2D eigenvalue weighted by Crippen LogP contribution is -2.27. The highest BCUT2D eigenvalue weighted by Gasteiger charge is 2.15. The molecule has 2 heterocycles. The summed E-state index contributed by atoms with van der Waals surface area (Å²) in [5.41, 5.74) is 2.08. The van der Waals surface area contributed by atoms with E-state index < -0.39 is 0 Å². The molecule has 2 aromatic rings. The molecular formula is C16H19N3O3. The summed E-state index contributed by atoms with van der Waals surface area (Å²) >= 11 is 0. The first-order chi connectivity index (χ1) is 10.8. The van der Waals surface area contributed by atoms with Gasteiger partial charge in [-0.1, -0.05) is 6.07 Å². The minimum Gasteiger partial charge on any atom is -0.454 e. The molecule has 1 aromatic heterocycles. The number of ether oxygens (including phenoxy) is 3. The maximum atomic E-state index is 5.44. The fourth-order valence-corrected chi connectivity index (χ4v) is 2.35. The van der Waals surface area contributed by atoms with Gasteiger partial charge in [0.25, 0.3) is 0 Å². The minimum absolute atomic E-state index is 0.289. The van der Waals surface area contributed by atoms with Crippen LogP contribution in [-0.4, -0.2) is 37.0 Å². The SMILES string of the molecule is COCCN(Cc1ccc2c(c1)OCO2)c1cc(C)ncn1. The number of hydrogen-bond acceptors (Lipinski definition) is 6. The minimum atomic E-state index is 0.289. The molecule has 6 heteroatoms. The fraction of sp³-hybridized carbons (Fsp3) is 0.375. The Labute approximate surface area is 129 Å². The van der Waals surface area contributed by atoms with Crippen molar-refractivity contribution in [3.05, 3.63) is 41.9 Å². The number of aromatic nitrogens is 2. The van der Waals surface area contributed by atoms with E-state index in [4.69, 9.17) is 14.2 Å². The van der Waals surface area contributed by atoms with E-state index in [1.54, 1.807) is 13.4 Å². The lowest BCUT2D eigenvalue weighted by atomic mass is 10.2. The molecule has 0 saturated heterocycles. The van der Waals surface area contributed by atoms with Crippen LogP contribution in [0.4, 0.5) is 5.82 Å². The Kier molecular flexibility index (Phi) is 4.39. The van der Waals surface area contributed by atoms with Crippen LogP contribution in [0.2, 0.25) is 0 Å². The first kappa shape index (κ1) is 14.6. The number of hydrogen-bond donors (Lipinski definition) is 0. The van der Waals surface area contributed by atoms with Gasteiger partial charge >= 0.3 is 0 Å². The molecular weight excluding hydrogens is 282 g/mol. The molecule has 0 bridgehead atoms. The molecule has 116 valence electrons. The summed E-state index contributed by atoms with van der Waals surface area (Å²) in [7, 11) is 1.70. The zero-order chi connectivity index (χ0) is 15.4. The summed E-state index contributed by atoms with van der Waals surface area (Å²) in [6.07, 6.45) is 1.59. The van der Waals surface area contributed by atoms with E-state index in [0.717, 1.165) is 41.7 Å². The van der Waals surface area contributed by atoms with Gasteiger partial charge in [0.1, 0.15) is 12.1 Å². The standard InChI is InChI=1S/C16H19N3O3/c1-12-7-16(18-10-17-12)19(5-6-20-2)9-13-3-4-14-15(8-13)22-11-21-14/h3-4,7-8,10H,5-6,9,11H2,1-2H3. The van der Waals surface area contributed by atoms with Crippen molar-refractivity contribution in [1.82, 2.24) is 9.97 Å². The lowest BCUT2D eigenvalue weighted by molar-refractivity contribution is 0.174. The van der Waals surface area contributed by atoms with Crippen LogP contribution in [0.3, 0.4) is 0 Å². The smallest absolute Gasteiger partial charge is 0.231 e. The van der Waals surface area contributed by atoms with Crippen LogP contribution < -0.4 is 14.4 Å². The van der Waals surface area contributed by atoms with Gasteiger partial charge in [0.15, 0.2) is 11.5 Å². The number of nitrogens with zero attached hydrogens (tertiary/aromatic N) is 3. The largest absolute Gasteiger partial charge is 0.454 e. The van der Waals surface area contributed by atoms with Gasteiger partial charge in [0.2, 0.25) is 6.79 Å². The highest BCUT2D eigenvalue weighted by molar-refractivity contribution is 5.46. The Bertz CT molecular complexity index is 648. The number of rotatable bonds is 6. The van der Waals surface area contributed by atoms with Crippen molar-refractivity contribution in [2.75, 3.05) is 32.0 Å². The van der Waals surface area contributed by atoms with E-state index in [-0.39, 0.29) is 6.79 Å². The van der Waals surface area contributed by atoms with Gasteiger partial charge in [0, 0.05) is 32.0 Å². The van der Waals surface area contributed by atoms with Crippen LogP contribution in [0.25, 0.3) is 0 Å². The topological polar surface area (TPSA) is 56.7 Å². The fourth-order valence-electron chi connectivity index (χ4n) is 2.35. The van der Waals surface area contributed by atoms with E-state index in [1.807, 2.05) is 31.2 Å². The highest BCUT2D eigenvalue weighted by atomic mass is 16.7. The third kappa shape index (κ3) is 3.28. The Morgan fingerprint density at radius 2 is 2.05 bits per heavy atom. The summed E-state index contributed by atoms with van der Waals surface area (Å²) in [5, 5.41) is 0. The second-order valence-electron chi connectivity index (χ2n) is 5.12. The monoisotopic (exact) mass is 301 g/mol. The molecule has 1 aliphatic rings. The van der Waals surface area contributed by atoms with Gasteiger partial charge in [0.05, 0.1) is 6.61 Å². The van der Waals surface area contributed by atoms with E-state index in [1.165, 1.54) is 0 Å². The van der Waals surface area contributed by atoms with Crippen molar-refractivity contribution in [1.29, 1.82) is 0 Å². The van der Waals surface area contributed by atoms with Crippen LogP contribution in [0.1, 0.15) is 11.3 Å².